The number of rotatable bonds is 10. The average molecular weight is 335 g/mol. The number of aliphatic carboxylic acids is 1. The lowest BCUT2D eigenvalue weighted by atomic mass is 10.1. The van der Waals surface area contributed by atoms with Gasteiger partial charge in [-0.3, -0.25) is 25.2 Å². The van der Waals surface area contributed by atoms with Crippen molar-refractivity contribution in [3.8, 4) is 0 Å². The largest absolute Gasteiger partial charge is 0.480 e. The van der Waals surface area contributed by atoms with Crippen molar-refractivity contribution in [2.45, 2.75) is 64.9 Å². The van der Waals surface area contributed by atoms with E-state index in [9.17, 15) is 9.59 Å². The van der Waals surface area contributed by atoms with Gasteiger partial charge in [-0.05, 0) is 0 Å². The van der Waals surface area contributed by atoms with Crippen molar-refractivity contribution in [3.05, 3.63) is 0 Å². The zero-order chi connectivity index (χ0) is 18.3. The van der Waals surface area contributed by atoms with Gasteiger partial charge >= 0.3 is 12.1 Å². The molecule has 0 radical (unpaired) electrons. The third-order valence-corrected chi connectivity index (χ3v) is 2.83. The fourth-order valence-corrected chi connectivity index (χ4v) is 1.63. The van der Waals surface area contributed by atoms with Gasteiger partial charge in [0.25, 0.3) is 0 Å². The summed E-state index contributed by atoms with van der Waals surface area (Å²) in [5.41, 5.74) is 0. The van der Waals surface area contributed by atoms with E-state index in [2.05, 4.69) is 13.8 Å². The lowest BCUT2D eigenvalue weighted by molar-refractivity contribution is -0.374. The fraction of sp³-hybridized carbons (Fsp3) is 0.786. The highest BCUT2D eigenvalue weighted by molar-refractivity contribution is 5.88. The maximum Gasteiger partial charge on any atom is 0.372 e. The highest BCUT2D eigenvalue weighted by Gasteiger charge is 2.33. The van der Waals surface area contributed by atoms with Crippen molar-refractivity contribution < 1.29 is 30.0 Å². The van der Waals surface area contributed by atoms with E-state index >= 15 is 0 Å². The number of carbonyl (C=O) groups is 2. The predicted octanol–water partition coefficient (Wildman–Crippen LogP) is 0.399. The van der Waals surface area contributed by atoms with Crippen LogP contribution in [0, 0.1) is 5.41 Å². The zero-order valence-corrected chi connectivity index (χ0v) is 13.8. The van der Waals surface area contributed by atoms with E-state index in [1.165, 1.54) is 44.9 Å². The second-order valence-electron chi connectivity index (χ2n) is 4.96. The van der Waals surface area contributed by atoms with Crippen LogP contribution in [0.3, 0.4) is 0 Å². The molecule has 0 saturated carbocycles. The molecule has 0 aromatic heterocycles. The van der Waals surface area contributed by atoms with E-state index in [0.717, 1.165) is 0 Å². The molecule has 0 atom stereocenters. The Morgan fingerprint density at radius 1 is 1.09 bits per heavy atom. The first kappa shape index (κ1) is 23.6. The molecule has 0 saturated heterocycles. The second-order valence-corrected chi connectivity index (χ2v) is 4.96. The molecule has 0 fully saturated rings. The van der Waals surface area contributed by atoms with Crippen molar-refractivity contribution in [3.63, 3.8) is 0 Å². The van der Waals surface area contributed by atoms with Crippen LogP contribution in [-0.2, 0) is 9.59 Å². The summed E-state index contributed by atoms with van der Waals surface area (Å²) in [6.45, 7) is 3.46. The molecule has 6 N–H and O–H groups in total. The molecule has 0 rings (SSSR count). The lowest BCUT2D eigenvalue weighted by Gasteiger charge is -2.29. The van der Waals surface area contributed by atoms with Crippen LogP contribution in [0.5, 0.6) is 0 Å². The average Bonchev–Trinajstić information content (AvgIpc) is 2.44. The Morgan fingerprint density at radius 3 is 1.83 bits per heavy atom. The van der Waals surface area contributed by atoms with E-state index in [1.807, 2.05) is 0 Å². The van der Waals surface area contributed by atoms with Gasteiger partial charge in [-0.2, -0.15) is 0 Å². The van der Waals surface area contributed by atoms with Crippen LogP contribution in [0.1, 0.15) is 58.8 Å². The zero-order valence-electron chi connectivity index (χ0n) is 13.8. The molecule has 0 bridgehead atoms. The maximum absolute atomic E-state index is 10.2. The molecule has 0 aromatic rings. The number of guanidine groups is 1. The van der Waals surface area contributed by atoms with E-state index in [-0.39, 0.29) is 11.3 Å². The molecule has 9 heteroatoms. The molecule has 23 heavy (non-hydrogen) atoms. The van der Waals surface area contributed by atoms with Crippen LogP contribution >= 0.6 is 0 Å². The van der Waals surface area contributed by atoms with Crippen molar-refractivity contribution in [2.24, 2.45) is 0 Å². The molecule has 136 valence electrons. The number of carboxylic acids is 1. The number of hydrogen-bond acceptors (Lipinski definition) is 6. The summed E-state index contributed by atoms with van der Waals surface area (Å²) in [7, 11) is 0. The van der Waals surface area contributed by atoms with E-state index < -0.39 is 24.6 Å². The summed E-state index contributed by atoms with van der Waals surface area (Å²) in [5.74, 6) is -2.49. The van der Waals surface area contributed by atoms with Crippen molar-refractivity contribution in [1.29, 1.82) is 5.41 Å². The van der Waals surface area contributed by atoms with Gasteiger partial charge in [0.2, 0.25) is 12.4 Å². The number of amides is 1. The fourth-order valence-electron chi connectivity index (χ4n) is 1.63. The number of carbonyl (C=O) groups excluding carboxylic acids is 1. The molecule has 0 aromatic carbocycles. The molecule has 1 amide bonds. The summed E-state index contributed by atoms with van der Waals surface area (Å²) in [4.78, 5) is 20.0. The topological polar surface area (TPSA) is 154 Å². The van der Waals surface area contributed by atoms with Crippen LogP contribution in [0.15, 0.2) is 0 Å². The third-order valence-electron chi connectivity index (χ3n) is 2.83. The molecule has 0 aliphatic rings. The Labute approximate surface area is 136 Å². The normalized spacial score (nSPS) is 10.3. The van der Waals surface area contributed by atoms with Gasteiger partial charge < -0.3 is 20.4 Å². The number of aliphatic hydroxyl groups is 3. The Balaban J connectivity index is 0. The summed E-state index contributed by atoms with van der Waals surface area (Å²) in [6.07, 6.45) is 6.47. The first-order chi connectivity index (χ1) is 10.7. The van der Waals surface area contributed by atoms with Gasteiger partial charge in [-0.25, -0.2) is 0 Å². The number of carboxylic acid groups (broad SMARTS) is 1. The quantitative estimate of drug-likeness (QED) is 0.111. The lowest BCUT2D eigenvalue weighted by Crippen LogP contribution is -2.57. The van der Waals surface area contributed by atoms with E-state index in [4.69, 9.17) is 25.8 Å². The molecule has 0 aliphatic carbocycles. The van der Waals surface area contributed by atoms with Gasteiger partial charge in [-0.1, -0.05) is 58.8 Å². The minimum absolute atomic E-state index is 0.0168. The maximum atomic E-state index is 10.2. The molecule has 0 heterocycles. The van der Waals surface area contributed by atoms with E-state index in [1.54, 1.807) is 5.32 Å². The Kier molecular flexibility index (Phi) is 14.3. The molecule has 9 nitrogen and oxygen atoms in total. The van der Waals surface area contributed by atoms with Crippen LogP contribution in [0.25, 0.3) is 0 Å². The standard InChI is InChI=1S/C9H20.C5H9N3O6/c1-3-5-7-9-8-6-4-2;6-4(7-2-9)8(1-3(10)11)5(12,13)14/h3-9H2,1-2H3;2,12-14H,1H2,(H,10,11)(H2,6,7,9). The molecule has 0 spiro atoms. The summed E-state index contributed by atoms with van der Waals surface area (Å²) in [6, 6.07) is 0. The third kappa shape index (κ3) is 15.0. The van der Waals surface area contributed by atoms with Gasteiger partial charge in [0, 0.05) is 0 Å². The first-order valence-electron chi connectivity index (χ1n) is 7.65. The molecular weight excluding hydrogens is 306 g/mol. The Bertz CT molecular complexity index is 338. The summed E-state index contributed by atoms with van der Waals surface area (Å²) in [5, 5.41) is 42.7. The first-order valence-corrected chi connectivity index (χ1v) is 7.65. The summed E-state index contributed by atoms with van der Waals surface area (Å²) >= 11 is 0. The Morgan fingerprint density at radius 2 is 1.52 bits per heavy atom. The van der Waals surface area contributed by atoms with Gasteiger partial charge in [0.15, 0.2) is 0 Å². The number of nitrogens with zero attached hydrogens (tertiary/aromatic N) is 1. The van der Waals surface area contributed by atoms with Crippen molar-refractivity contribution in [1.82, 2.24) is 10.2 Å². The predicted molar refractivity (Wildman–Crippen MR) is 84.3 cm³/mol. The van der Waals surface area contributed by atoms with E-state index in [0.29, 0.717) is 0 Å². The molecule has 0 aliphatic heterocycles. The monoisotopic (exact) mass is 335 g/mol. The SMILES string of the molecule is CCCCCCCCC.N=C(NC=O)N(CC(=O)O)C(O)(O)O. The highest BCUT2D eigenvalue weighted by atomic mass is 16.7. The minimum atomic E-state index is -3.52. The highest BCUT2D eigenvalue weighted by Crippen LogP contribution is 2.05. The minimum Gasteiger partial charge on any atom is -0.480 e. The molecule has 0 unspecified atom stereocenters. The summed E-state index contributed by atoms with van der Waals surface area (Å²) < 4.78 is 0. The van der Waals surface area contributed by atoms with Crippen LogP contribution in [0.2, 0.25) is 0 Å². The van der Waals surface area contributed by atoms with Crippen LogP contribution in [-0.4, -0.2) is 56.3 Å². The second kappa shape index (κ2) is 13.9. The smallest absolute Gasteiger partial charge is 0.372 e. The van der Waals surface area contributed by atoms with Gasteiger partial charge in [0.05, 0.1) is 0 Å². The molecular formula is C14H29N3O6. The number of unbranched alkanes of at least 4 members (excludes halogenated alkanes) is 6. The van der Waals surface area contributed by atoms with Gasteiger partial charge in [-0.15, -0.1) is 0 Å². The van der Waals surface area contributed by atoms with Crippen molar-refractivity contribution >= 4 is 18.3 Å². The number of hydrogen-bond donors (Lipinski definition) is 6. The number of nitrogens with one attached hydrogen (secondary N) is 2. The van der Waals surface area contributed by atoms with Crippen molar-refractivity contribution in [2.75, 3.05) is 6.54 Å². The van der Waals surface area contributed by atoms with Crippen LogP contribution < -0.4 is 5.32 Å². The van der Waals surface area contributed by atoms with Gasteiger partial charge in [0.1, 0.15) is 6.54 Å². The Hall–Kier alpha value is -1.71. The van der Waals surface area contributed by atoms with Crippen LogP contribution in [0.4, 0.5) is 0 Å².